The minimum absolute atomic E-state index is 0.0934. The number of carbonyl (C=O) groups excluding carboxylic acids is 3. The first-order valence-corrected chi connectivity index (χ1v) is 12.5. The lowest BCUT2D eigenvalue weighted by Crippen LogP contribution is -2.28. The minimum atomic E-state index is -4.75. The number of alkyl halides is 3. The lowest BCUT2D eigenvalue weighted by atomic mass is 9.83. The topological polar surface area (TPSA) is 103 Å². The third-order valence-electron chi connectivity index (χ3n) is 6.64. The second-order valence-electron chi connectivity index (χ2n) is 9.29. The molecule has 1 aromatic rings. The van der Waals surface area contributed by atoms with Crippen LogP contribution >= 0.6 is 0 Å². The van der Waals surface area contributed by atoms with Crippen molar-refractivity contribution in [3.8, 4) is 0 Å². The van der Waals surface area contributed by atoms with Crippen molar-refractivity contribution in [2.24, 2.45) is 11.8 Å². The lowest BCUT2D eigenvalue weighted by Gasteiger charge is -2.21. The molecule has 10 heteroatoms. The van der Waals surface area contributed by atoms with Gasteiger partial charge in [0.05, 0.1) is 18.9 Å². The second-order valence-corrected chi connectivity index (χ2v) is 9.29. The van der Waals surface area contributed by atoms with Crippen LogP contribution in [-0.2, 0) is 31.8 Å². The first-order valence-electron chi connectivity index (χ1n) is 12.5. The number of rotatable bonds is 13. The largest absolute Gasteiger partial charge is 0.511 e. The lowest BCUT2D eigenvalue weighted by molar-refractivity contribution is -0.145. The van der Waals surface area contributed by atoms with Crippen LogP contribution in [0.2, 0.25) is 0 Å². The maximum absolute atomic E-state index is 13.2. The summed E-state index contributed by atoms with van der Waals surface area (Å²) in [5.41, 5.74) is -2.11. The van der Waals surface area contributed by atoms with Gasteiger partial charge in [-0.2, -0.15) is 13.2 Å². The third kappa shape index (κ3) is 6.93. The minimum Gasteiger partial charge on any atom is -0.511 e. The summed E-state index contributed by atoms with van der Waals surface area (Å²) in [7, 11) is 0. The zero-order valence-corrected chi connectivity index (χ0v) is 20.4. The summed E-state index contributed by atoms with van der Waals surface area (Å²) in [6, 6.07) is 1.62. The van der Waals surface area contributed by atoms with Crippen molar-refractivity contribution >= 4 is 17.5 Å². The Labute approximate surface area is 208 Å². The van der Waals surface area contributed by atoms with E-state index in [1.54, 1.807) is 0 Å². The Bertz CT molecular complexity index is 1000. The number of nitrogens with zero attached hydrogens (tertiary/aromatic N) is 1. The number of ketones is 2. The monoisotopic (exact) mass is 511 g/mol. The van der Waals surface area contributed by atoms with Crippen molar-refractivity contribution < 1.29 is 42.1 Å². The summed E-state index contributed by atoms with van der Waals surface area (Å²) in [6.45, 7) is 1.44. The Morgan fingerprint density at radius 3 is 2.53 bits per heavy atom. The van der Waals surface area contributed by atoms with Crippen LogP contribution in [0.5, 0.6) is 0 Å². The molecule has 1 aromatic heterocycles. The maximum atomic E-state index is 13.2. The van der Waals surface area contributed by atoms with Crippen LogP contribution in [0, 0.1) is 11.8 Å². The van der Waals surface area contributed by atoms with E-state index in [1.165, 1.54) is 0 Å². The molecule has 2 bridgehead atoms. The van der Waals surface area contributed by atoms with E-state index >= 15 is 0 Å². The number of carbonyl (C=O) groups is 3. The van der Waals surface area contributed by atoms with Crippen molar-refractivity contribution in [2.45, 2.75) is 77.5 Å². The molecular weight excluding hydrogens is 479 g/mol. The fourth-order valence-corrected chi connectivity index (χ4v) is 4.67. The molecule has 2 unspecified atom stereocenters. The van der Waals surface area contributed by atoms with Gasteiger partial charge in [0.25, 0.3) is 0 Å². The molecule has 0 spiro atoms. The van der Waals surface area contributed by atoms with Gasteiger partial charge < -0.3 is 14.6 Å². The first kappa shape index (κ1) is 27.8. The fourth-order valence-electron chi connectivity index (χ4n) is 4.67. The van der Waals surface area contributed by atoms with Gasteiger partial charge in [0.2, 0.25) is 5.78 Å². The van der Waals surface area contributed by atoms with Gasteiger partial charge in [-0.1, -0.05) is 32.6 Å². The Morgan fingerprint density at radius 1 is 1.08 bits per heavy atom. The van der Waals surface area contributed by atoms with Crippen molar-refractivity contribution in [3.05, 3.63) is 40.4 Å². The van der Waals surface area contributed by atoms with Gasteiger partial charge in [-0.15, -0.1) is 0 Å². The highest BCUT2D eigenvalue weighted by atomic mass is 19.4. The normalized spacial score (nSPS) is 19.6. The van der Waals surface area contributed by atoms with Gasteiger partial charge in [-0.25, -0.2) is 4.98 Å². The molecule has 0 amide bonds. The SMILES string of the molecule is CCCCCCCC(=O)OCCOCc1nc(C(F)(F)F)ccc1C(=O)C1=C(O)C2CCC(C2)C1=O. The summed E-state index contributed by atoms with van der Waals surface area (Å²) in [4.78, 5) is 41.2. The Morgan fingerprint density at radius 2 is 1.81 bits per heavy atom. The van der Waals surface area contributed by atoms with Gasteiger partial charge in [0, 0.05) is 23.8 Å². The van der Waals surface area contributed by atoms with Crippen molar-refractivity contribution in [2.75, 3.05) is 13.2 Å². The van der Waals surface area contributed by atoms with Gasteiger partial charge in [0.15, 0.2) is 5.78 Å². The van der Waals surface area contributed by atoms with Crippen LogP contribution in [0.4, 0.5) is 13.2 Å². The molecule has 198 valence electrons. The van der Waals surface area contributed by atoms with Crippen LogP contribution < -0.4 is 0 Å². The number of aliphatic hydroxyl groups is 1. The molecule has 2 atom stereocenters. The predicted molar refractivity (Wildman–Crippen MR) is 123 cm³/mol. The molecule has 0 aromatic carbocycles. The smallest absolute Gasteiger partial charge is 0.433 e. The van der Waals surface area contributed by atoms with E-state index in [9.17, 15) is 32.7 Å². The average Bonchev–Trinajstić information content (AvgIpc) is 3.29. The molecule has 1 N–H and O–H groups in total. The van der Waals surface area contributed by atoms with Crippen LogP contribution in [0.25, 0.3) is 0 Å². The van der Waals surface area contributed by atoms with Gasteiger partial charge >= 0.3 is 12.1 Å². The quantitative estimate of drug-likeness (QED) is 0.161. The van der Waals surface area contributed by atoms with Crippen molar-refractivity contribution in [1.82, 2.24) is 4.98 Å². The van der Waals surface area contributed by atoms with E-state index < -0.39 is 30.0 Å². The number of pyridine rings is 1. The van der Waals surface area contributed by atoms with E-state index in [0.717, 1.165) is 38.2 Å². The van der Waals surface area contributed by atoms with E-state index in [0.29, 0.717) is 25.3 Å². The van der Waals surface area contributed by atoms with Crippen molar-refractivity contribution in [1.29, 1.82) is 0 Å². The van der Waals surface area contributed by atoms with Gasteiger partial charge in [0.1, 0.15) is 23.6 Å². The highest BCUT2D eigenvalue weighted by molar-refractivity contribution is 6.28. The summed E-state index contributed by atoms with van der Waals surface area (Å²) in [5, 5.41) is 10.5. The molecule has 1 fully saturated rings. The highest BCUT2D eigenvalue weighted by Gasteiger charge is 2.44. The maximum Gasteiger partial charge on any atom is 0.433 e. The fraction of sp³-hybridized carbons (Fsp3) is 0.615. The average molecular weight is 512 g/mol. The summed E-state index contributed by atoms with van der Waals surface area (Å²) >= 11 is 0. The Hall–Kier alpha value is -2.75. The summed E-state index contributed by atoms with van der Waals surface area (Å²) < 4.78 is 50.2. The van der Waals surface area contributed by atoms with Gasteiger partial charge in [-0.3, -0.25) is 14.4 Å². The number of unbranched alkanes of at least 4 members (excludes halogenated alkanes) is 4. The van der Waals surface area contributed by atoms with Crippen LogP contribution in [0.15, 0.2) is 23.5 Å². The van der Waals surface area contributed by atoms with Crippen LogP contribution in [0.3, 0.4) is 0 Å². The molecule has 0 radical (unpaired) electrons. The Kier molecular flexibility index (Phi) is 9.64. The summed E-state index contributed by atoms with van der Waals surface area (Å²) in [5.74, 6) is -2.69. The number of hydrogen-bond acceptors (Lipinski definition) is 7. The number of halogens is 3. The molecule has 3 rings (SSSR count). The zero-order valence-electron chi connectivity index (χ0n) is 20.4. The number of Topliss-reactive ketones (excluding diaryl/α,β-unsaturated/α-hetero) is 2. The molecule has 1 heterocycles. The van der Waals surface area contributed by atoms with Crippen LogP contribution in [0.1, 0.15) is 86.5 Å². The van der Waals surface area contributed by atoms with Gasteiger partial charge in [-0.05, 0) is 37.8 Å². The number of esters is 1. The molecule has 1 saturated carbocycles. The van der Waals surface area contributed by atoms with E-state index in [4.69, 9.17) is 9.47 Å². The Balaban J connectivity index is 1.63. The number of allylic oxidation sites excluding steroid dienone is 2. The molecule has 7 nitrogen and oxygen atoms in total. The molecule has 2 aliphatic carbocycles. The van der Waals surface area contributed by atoms with Crippen LogP contribution in [-0.4, -0.2) is 40.8 Å². The number of aromatic nitrogens is 1. The standard InChI is InChI=1S/C26H32F3NO6/c1-2-3-4-5-6-7-21(31)36-13-12-35-15-19-18(10-11-20(30-19)26(27,28)29)25(34)22-23(32)16-8-9-17(14-16)24(22)33/h10-11,16-17,32H,2-9,12-15H2,1H3. The molecule has 0 aliphatic heterocycles. The number of hydrogen-bond donors (Lipinski definition) is 1. The molecule has 0 saturated heterocycles. The number of ether oxygens (including phenoxy) is 2. The van der Waals surface area contributed by atoms with E-state index in [-0.39, 0.29) is 60.0 Å². The summed E-state index contributed by atoms with van der Waals surface area (Å²) in [6.07, 6.45) is 2.09. The highest BCUT2D eigenvalue weighted by Crippen LogP contribution is 2.43. The molecular formula is C26H32F3NO6. The number of fused-ring (bicyclic) bond motifs is 2. The third-order valence-corrected chi connectivity index (χ3v) is 6.64. The second kappa shape index (κ2) is 12.5. The molecule has 36 heavy (non-hydrogen) atoms. The van der Waals surface area contributed by atoms with E-state index in [2.05, 4.69) is 11.9 Å². The number of aliphatic hydroxyl groups excluding tert-OH is 1. The predicted octanol–water partition coefficient (Wildman–Crippen LogP) is 5.51. The van der Waals surface area contributed by atoms with E-state index in [1.807, 2.05) is 0 Å². The first-order chi connectivity index (χ1) is 17.1. The zero-order chi connectivity index (χ0) is 26.3. The van der Waals surface area contributed by atoms with Crippen molar-refractivity contribution in [3.63, 3.8) is 0 Å². The molecule has 2 aliphatic rings.